The summed E-state index contributed by atoms with van der Waals surface area (Å²) < 4.78 is 5.95. The Morgan fingerprint density at radius 2 is 1.95 bits per heavy atom. The molecule has 3 nitrogen and oxygen atoms in total. The molecular formula is C17H24N2O. The van der Waals surface area contributed by atoms with E-state index in [-0.39, 0.29) is 11.5 Å². The van der Waals surface area contributed by atoms with Crippen LogP contribution in [0.5, 0.6) is 0 Å². The maximum Gasteiger partial charge on any atom is 0.211 e. The average Bonchev–Trinajstić information content (AvgIpc) is 2.87. The number of benzene rings is 1. The van der Waals surface area contributed by atoms with Gasteiger partial charge in [-0.15, -0.1) is 0 Å². The number of oxazole rings is 1. The van der Waals surface area contributed by atoms with Gasteiger partial charge in [-0.25, -0.2) is 4.98 Å². The predicted molar refractivity (Wildman–Crippen MR) is 82.7 cm³/mol. The largest absolute Gasteiger partial charge is 0.439 e. The molecule has 1 aromatic carbocycles. The standard InChI is InChI=1S/C17H24N2O/c1-6-18-12(2)16-19-11-15(20-16)13-9-7-8-10-14(13)17(3,4)5/h7-12,18H,6H2,1-5H3. The van der Waals surface area contributed by atoms with E-state index in [1.54, 1.807) is 0 Å². The highest BCUT2D eigenvalue weighted by Gasteiger charge is 2.21. The molecule has 1 atom stereocenters. The van der Waals surface area contributed by atoms with E-state index in [2.05, 4.69) is 63.1 Å². The fraction of sp³-hybridized carbons (Fsp3) is 0.471. The van der Waals surface area contributed by atoms with Gasteiger partial charge >= 0.3 is 0 Å². The summed E-state index contributed by atoms with van der Waals surface area (Å²) >= 11 is 0. The molecule has 0 amide bonds. The highest BCUT2D eigenvalue weighted by Crippen LogP contribution is 2.33. The van der Waals surface area contributed by atoms with Crippen LogP contribution in [0, 0.1) is 0 Å². The number of nitrogens with one attached hydrogen (secondary N) is 1. The van der Waals surface area contributed by atoms with Gasteiger partial charge in [0, 0.05) is 5.56 Å². The maximum absolute atomic E-state index is 5.95. The molecule has 3 heteroatoms. The zero-order valence-corrected chi connectivity index (χ0v) is 13.0. The molecule has 108 valence electrons. The van der Waals surface area contributed by atoms with Crippen molar-refractivity contribution in [1.29, 1.82) is 0 Å². The lowest BCUT2D eigenvalue weighted by Crippen LogP contribution is -2.17. The van der Waals surface area contributed by atoms with Crippen LogP contribution in [0.2, 0.25) is 0 Å². The molecule has 0 aliphatic rings. The summed E-state index contributed by atoms with van der Waals surface area (Å²) in [4.78, 5) is 4.41. The second-order valence-electron chi connectivity index (χ2n) is 6.14. The SMILES string of the molecule is CCNC(C)c1ncc(-c2ccccc2C(C)(C)C)o1. The van der Waals surface area contributed by atoms with Crippen LogP contribution in [0.15, 0.2) is 34.9 Å². The molecule has 0 saturated carbocycles. The van der Waals surface area contributed by atoms with Crippen LogP contribution in [-0.4, -0.2) is 11.5 Å². The van der Waals surface area contributed by atoms with Crippen molar-refractivity contribution in [3.8, 4) is 11.3 Å². The van der Waals surface area contributed by atoms with Gasteiger partial charge in [-0.2, -0.15) is 0 Å². The van der Waals surface area contributed by atoms with Crippen LogP contribution in [0.25, 0.3) is 11.3 Å². The second-order valence-corrected chi connectivity index (χ2v) is 6.14. The Bertz CT molecular complexity index is 566. The summed E-state index contributed by atoms with van der Waals surface area (Å²) in [5.74, 6) is 1.58. The Labute approximate surface area is 121 Å². The van der Waals surface area contributed by atoms with E-state index in [1.165, 1.54) is 5.56 Å². The van der Waals surface area contributed by atoms with E-state index < -0.39 is 0 Å². The van der Waals surface area contributed by atoms with E-state index in [0.29, 0.717) is 0 Å². The monoisotopic (exact) mass is 272 g/mol. The molecule has 1 N–H and O–H groups in total. The first-order valence-corrected chi connectivity index (χ1v) is 7.22. The van der Waals surface area contributed by atoms with Gasteiger partial charge in [0.05, 0.1) is 12.2 Å². The molecule has 1 aromatic heterocycles. The van der Waals surface area contributed by atoms with Gasteiger partial charge in [0.1, 0.15) is 0 Å². The number of rotatable bonds is 4. The van der Waals surface area contributed by atoms with Crippen LogP contribution in [0.1, 0.15) is 52.1 Å². The quantitative estimate of drug-likeness (QED) is 0.901. The third-order valence-electron chi connectivity index (χ3n) is 3.40. The summed E-state index contributed by atoms with van der Waals surface area (Å²) in [6, 6.07) is 8.51. The summed E-state index contributed by atoms with van der Waals surface area (Å²) in [5.41, 5.74) is 2.48. The second kappa shape index (κ2) is 5.80. The van der Waals surface area contributed by atoms with Crippen molar-refractivity contribution in [2.75, 3.05) is 6.54 Å². The van der Waals surface area contributed by atoms with Gasteiger partial charge in [0.25, 0.3) is 0 Å². The fourth-order valence-electron chi connectivity index (χ4n) is 2.36. The van der Waals surface area contributed by atoms with E-state index >= 15 is 0 Å². The van der Waals surface area contributed by atoms with Crippen molar-refractivity contribution < 1.29 is 4.42 Å². The first-order chi connectivity index (χ1) is 9.43. The highest BCUT2D eigenvalue weighted by molar-refractivity contribution is 5.63. The topological polar surface area (TPSA) is 38.1 Å². The van der Waals surface area contributed by atoms with Gasteiger partial charge in [0.2, 0.25) is 5.89 Å². The fourth-order valence-corrected chi connectivity index (χ4v) is 2.36. The normalized spacial score (nSPS) is 13.4. The van der Waals surface area contributed by atoms with Gasteiger partial charge in [-0.05, 0) is 24.4 Å². The van der Waals surface area contributed by atoms with Crippen LogP contribution < -0.4 is 5.32 Å². The lowest BCUT2D eigenvalue weighted by molar-refractivity contribution is 0.428. The summed E-state index contributed by atoms with van der Waals surface area (Å²) in [6.07, 6.45) is 1.83. The van der Waals surface area contributed by atoms with Gasteiger partial charge < -0.3 is 9.73 Å². The number of aromatic nitrogens is 1. The first kappa shape index (κ1) is 14.8. The number of hydrogen-bond acceptors (Lipinski definition) is 3. The Balaban J connectivity index is 2.38. The first-order valence-electron chi connectivity index (χ1n) is 7.22. The van der Waals surface area contributed by atoms with E-state index in [0.717, 1.165) is 23.8 Å². The van der Waals surface area contributed by atoms with E-state index in [9.17, 15) is 0 Å². The zero-order chi connectivity index (χ0) is 14.8. The smallest absolute Gasteiger partial charge is 0.211 e. The Hall–Kier alpha value is -1.61. The Kier molecular flexibility index (Phi) is 4.29. The molecule has 0 radical (unpaired) electrons. The molecule has 0 aliphatic heterocycles. The third-order valence-corrected chi connectivity index (χ3v) is 3.40. The van der Waals surface area contributed by atoms with E-state index in [4.69, 9.17) is 4.42 Å². The van der Waals surface area contributed by atoms with Crippen molar-refractivity contribution in [3.05, 3.63) is 41.9 Å². The van der Waals surface area contributed by atoms with Gasteiger partial charge in [-0.1, -0.05) is 52.0 Å². The van der Waals surface area contributed by atoms with Crippen molar-refractivity contribution in [2.45, 2.75) is 46.1 Å². The van der Waals surface area contributed by atoms with Crippen LogP contribution >= 0.6 is 0 Å². The molecule has 20 heavy (non-hydrogen) atoms. The van der Waals surface area contributed by atoms with Gasteiger partial charge in [-0.3, -0.25) is 0 Å². The minimum absolute atomic E-state index is 0.0802. The minimum atomic E-state index is 0.0802. The van der Waals surface area contributed by atoms with Crippen molar-refractivity contribution in [2.24, 2.45) is 0 Å². The van der Waals surface area contributed by atoms with E-state index in [1.807, 2.05) is 12.3 Å². The summed E-state index contributed by atoms with van der Waals surface area (Å²) in [6.45, 7) is 11.7. The van der Waals surface area contributed by atoms with Crippen LogP contribution in [0.3, 0.4) is 0 Å². The molecule has 1 heterocycles. The molecule has 0 saturated heterocycles. The molecule has 0 aliphatic carbocycles. The number of hydrogen-bond donors (Lipinski definition) is 1. The van der Waals surface area contributed by atoms with Crippen LogP contribution in [0.4, 0.5) is 0 Å². The lowest BCUT2D eigenvalue weighted by atomic mass is 9.83. The highest BCUT2D eigenvalue weighted by atomic mass is 16.4. The minimum Gasteiger partial charge on any atom is -0.439 e. The van der Waals surface area contributed by atoms with Crippen molar-refractivity contribution >= 4 is 0 Å². The van der Waals surface area contributed by atoms with Crippen molar-refractivity contribution in [3.63, 3.8) is 0 Å². The third kappa shape index (κ3) is 3.10. The zero-order valence-electron chi connectivity index (χ0n) is 13.0. The van der Waals surface area contributed by atoms with Crippen LogP contribution in [-0.2, 0) is 5.41 Å². The number of nitrogens with zero attached hydrogens (tertiary/aromatic N) is 1. The predicted octanol–water partition coefficient (Wildman–Crippen LogP) is 4.31. The molecule has 1 unspecified atom stereocenters. The molecular weight excluding hydrogens is 248 g/mol. The Morgan fingerprint density at radius 1 is 1.25 bits per heavy atom. The molecule has 0 fully saturated rings. The van der Waals surface area contributed by atoms with Gasteiger partial charge in [0.15, 0.2) is 5.76 Å². The summed E-state index contributed by atoms with van der Waals surface area (Å²) in [5, 5.41) is 3.32. The molecule has 0 spiro atoms. The maximum atomic E-state index is 5.95. The Morgan fingerprint density at radius 3 is 2.60 bits per heavy atom. The molecule has 2 aromatic rings. The molecule has 2 rings (SSSR count). The summed E-state index contributed by atoms with van der Waals surface area (Å²) in [7, 11) is 0. The lowest BCUT2D eigenvalue weighted by Gasteiger charge is -2.21. The molecule has 0 bridgehead atoms. The average molecular weight is 272 g/mol. The van der Waals surface area contributed by atoms with Crippen molar-refractivity contribution in [1.82, 2.24) is 10.3 Å².